The number of fused-ring (bicyclic) bond motifs is 2. The number of carbonyl (C=O) groups excluding carboxylic acids is 3. The molecule has 208 valence electrons. The van der Waals surface area contributed by atoms with Crippen molar-refractivity contribution in [3.8, 4) is 23.0 Å². The van der Waals surface area contributed by atoms with Crippen LogP contribution < -0.4 is 29.2 Å². The second kappa shape index (κ2) is 10.8. The highest BCUT2D eigenvalue weighted by Gasteiger charge is 2.41. The zero-order valence-electron chi connectivity index (χ0n) is 23.0. The summed E-state index contributed by atoms with van der Waals surface area (Å²) in [6.45, 7) is 1.53. The predicted molar refractivity (Wildman–Crippen MR) is 149 cm³/mol. The van der Waals surface area contributed by atoms with Crippen molar-refractivity contribution in [3.63, 3.8) is 0 Å². The molecule has 0 aliphatic carbocycles. The summed E-state index contributed by atoms with van der Waals surface area (Å²) in [6, 6.07) is 15.1. The number of nitrogens with one attached hydrogen (secondary N) is 1. The van der Waals surface area contributed by atoms with Crippen molar-refractivity contribution in [2.45, 2.75) is 25.4 Å². The van der Waals surface area contributed by atoms with Crippen molar-refractivity contribution in [2.75, 3.05) is 45.2 Å². The van der Waals surface area contributed by atoms with Gasteiger partial charge in [0.15, 0.2) is 0 Å². The maximum absolute atomic E-state index is 13.9. The van der Waals surface area contributed by atoms with Crippen LogP contribution in [0.2, 0.25) is 0 Å². The van der Waals surface area contributed by atoms with Crippen molar-refractivity contribution >= 4 is 29.1 Å². The van der Waals surface area contributed by atoms with Crippen LogP contribution in [0.1, 0.15) is 45.7 Å². The first-order valence-electron chi connectivity index (χ1n) is 12.8. The summed E-state index contributed by atoms with van der Waals surface area (Å²) in [6.07, 6.45) is 0.520. The number of benzene rings is 3. The van der Waals surface area contributed by atoms with Gasteiger partial charge in [0.25, 0.3) is 11.8 Å². The van der Waals surface area contributed by atoms with E-state index in [0.717, 1.165) is 16.2 Å². The Morgan fingerprint density at radius 2 is 1.48 bits per heavy atom. The first kappa shape index (κ1) is 26.9. The number of amides is 3. The number of ether oxygens (including phenoxy) is 4. The minimum atomic E-state index is -0.480. The Morgan fingerprint density at radius 1 is 0.850 bits per heavy atom. The molecule has 10 nitrogen and oxygen atoms in total. The number of imide groups is 1. The first-order chi connectivity index (χ1) is 19.3. The topological polar surface area (TPSA) is 107 Å². The highest BCUT2D eigenvalue weighted by atomic mass is 16.5. The van der Waals surface area contributed by atoms with E-state index in [0.29, 0.717) is 46.2 Å². The normalized spacial score (nSPS) is 17.7. The molecule has 2 aliphatic heterocycles. The highest BCUT2D eigenvalue weighted by Crippen LogP contribution is 2.47. The number of nitrogens with zero attached hydrogens (tertiary/aromatic N) is 2. The van der Waals surface area contributed by atoms with E-state index >= 15 is 0 Å². The van der Waals surface area contributed by atoms with Gasteiger partial charge in [0.2, 0.25) is 5.91 Å². The smallest absolute Gasteiger partial charge is 0.262 e. The van der Waals surface area contributed by atoms with E-state index in [1.54, 1.807) is 62.6 Å². The Labute approximate surface area is 232 Å². The Hall–Kier alpha value is -4.73. The van der Waals surface area contributed by atoms with E-state index in [1.807, 2.05) is 25.1 Å². The maximum Gasteiger partial charge on any atom is 0.262 e. The molecule has 1 N–H and O–H groups in total. The van der Waals surface area contributed by atoms with Crippen molar-refractivity contribution in [1.29, 1.82) is 0 Å². The van der Waals surface area contributed by atoms with Gasteiger partial charge >= 0.3 is 0 Å². The third kappa shape index (κ3) is 4.55. The summed E-state index contributed by atoms with van der Waals surface area (Å²) >= 11 is 0. The summed E-state index contributed by atoms with van der Waals surface area (Å²) in [7, 11) is 6.26. The van der Waals surface area contributed by atoms with Crippen LogP contribution in [-0.4, -0.2) is 63.6 Å². The van der Waals surface area contributed by atoms with Gasteiger partial charge in [-0.15, -0.1) is 0 Å². The van der Waals surface area contributed by atoms with E-state index in [4.69, 9.17) is 18.9 Å². The Kier molecular flexibility index (Phi) is 7.25. The number of carbonyl (C=O) groups is 3. The Bertz CT molecular complexity index is 1450. The number of rotatable bonds is 8. The number of hydrogen-bond donors (Lipinski definition) is 1. The van der Waals surface area contributed by atoms with Gasteiger partial charge in [-0.3, -0.25) is 19.3 Å². The minimum absolute atomic E-state index is 0.250. The van der Waals surface area contributed by atoms with Gasteiger partial charge in [0.05, 0.1) is 57.0 Å². The lowest BCUT2D eigenvalue weighted by Crippen LogP contribution is -2.49. The second-order valence-electron chi connectivity index (χ2n) is 9.62. The molecule has 3 aromatic carbocycles. The lowest BCUT2D eigenvalue weighted by atomic mass is 9.90. The average molecular weight is 546 g/mol. The van der Waals surface area contributed by atoms with E-state index < -0.39 is 24.3 Å². The zero-order chi connectivity index (χ0) is 28.6. The molecule has 2 aliphatic rings. The van der Waals surface area contributed by atoms with E-state index in [2.05, 4.69) is 5.32 Å². The van der Waals surface area contributed by atoms with Gasteiger partial charge in [-0.2, -0.15) is 0 Å². The van der Waals surface area contributed by atoms with Gasteiger partial charge in [0.1, 0.15) is 29.5 Å². The molecule has 0 saturated carbocycles. The molecule has 0 bridgehead atoms. The molecule has 0 saturated heterocycles. The van der Waals surface area contributed by atoms with Crippen molar-refractivity contribution in [3.05, 3.63) is 71.3 Å². The molecule has 10 heteroatoms. The van der Waals surface area contributed by atoms with Gasteiger partial charge in [-0.05, 0) is 43.7 Å². The van der Waals surface area contributed by atoms with E-state index in [-0.39, 0.29) is 12.1 Å². The Balaban J connectivity index is 1.52. The van der Waals surface area contributed by atoms with Gasteiger partial charge in [-0.25, -0.2) is 0 Å². The molecular weight excluding hydrogens is 514 g/mol. The van der Waals surface area contributed by atoms with Crippen LogP contribution in [0, 0.1) is 0 Å². The fraction of sp³-hybridized carbons (Fsp3) is 0.300. The third-order valence-corrected chi connectivity index (χ3v) is 7.35. The largest absolute Gasteiger partial charge is 0.497 e. The first-order valence-corrected chi connectivity index (χ1v) is 12.8. The van der Waals surface area contributed by atoms with Crippen LogP contribution in [0.5, 0.6) is 23.0 Å². The minimum Gasteiger partial charge on any atom is -0.497 e. The highest BCUT2D eigenvalue weighted by molar-refractivity contribution is 6.22. The van der Waals surface area contributed by atoms with Crippen LogP contribution in [0.25, 0.3) is 0 Å². The summed E-state index contributed by atoms with van der Waals surface area (Å²) in [5.41, 5.74) is 2.66. The monoisotopic (exact) mass is 545 g/mol. The van der Waals surface area contributed by atoms with Crippen LogP contribution in [0.15, 0.2) is 54.6 Å². The van der Waals surface area contributed by atoms with E-state index in [9.17, 15) is 14.4 Å². The van der Waals surface area contributed by atoms with Gasteiger partial charge < -0.3 is 29.2 Å². The van der Waals surface area contributed by atoms with Crippen LogP contribution in [0.4, 0.5) is 11.4 Å². The maximum atomic E-state index is 13.9. The summed E-state index contributed by atoms with van der Waals surface area (Å²) < 4.78 is 22.2. The summed E-state index contributed by atoms with van der Waals surface area (Å²) in [5, 5.41) is 3.55. The lowest BCUT2D eigenvalue weighted by molar-refractivity contribution is -0.119. The number of anilines is 2. The van der Waals surface area contributed by atoms with Crippen molar-refractivity contribution in [2.24, 2.45) is 0 Å². The Morgan fingerprint density at radius 3 is 2.08 bits per heavy atom. The van der Waals surface area contributed by atoms with Gasteiger partial charge in [0, 0.05) is 23.7 Å². The van der Waals surface area contributed by atoms with Crippen molar-refractivity contribution in [1.82, 2.24) is 4.90 Å². The summed E-state index contributed by atoms with van der Waals surface area (Å²) in [5.74, 6) is 0.905. The fourth-order valence-electron chi connectivity index (χ4n) is 5.40. The molecule has 5 rings (SSSR count). The second-order valence-corrected chi connectivity index (χ2v) is 9.62. The fourth-order valence-corrected chi connectivity index (χ4v) is 5.40. The quantitative estimate of drug-likeness (QED) is 0.418. The van der Waals surface area contributed by atoms with Crippen LogP contribution >= 0.6 is 0 Å². The molecule has 0 fully saturated rings. The van der Waals surface area contributed by atoms with E-state index in [1.165, 1.54) is 7.11 Å². The molecule has 3 amide bonds. The van der Waals surface area contributed by atoms with Crippen LogP contribution in [-0.2, 0) is 4.79 Å². The summed E-state index contributed by atoms with van der Waals surface area (Å²) in [4.78, 5) is 42.4. The molecule has 2 atom stereocenters. The van der Waals surface area contributed by atoms with Gasteiger partial charge in [-0.1, -0.05) is 12.1 Å². The molecule has 0 radical (unpaired) electrons. The molecule has 40 heavy (non-hydrogen) atoms. The van der Waals surface area contributed by atoms with Crippen molar-refractivity contribution < 1.29 is 33.3 Å². The SMILES string of the molecule is COc1ccc(N[C@H]2C[C@@H](C)N(C(=O)CN3C(=O)c4ccccc4C3=O)c3c(OC)cc(OC)cc32)c(OC)c1. The molecular formula is C30H31N3O7. The number of methoxy groups -OCH3 is 4. The average Bonchev–Trinajstić information content (AvgIpc) is 3.21. The van der Waals surface area contributed by atoms with Crippen LogP contribution in [0.3, 0.4) is 0 Å². The molecule has 0 unspecified atom stereocenters. The predicted octanol–water partition coefficient (Wildman–Crippen LogP) is 4.30. The molecule has 3 aromatic rings. The lowest BCUT2D eigenvalue weighted by Gasteiger charge is -2.41. The standard InChI is InChI=1S/C30H31N3O7/c1-17-12-24(31-23-11-10-18(37-2)14-25(23)39-4)22-13-19(38-3)15-26(40-5)28(22)33(17)27(34)16-32-29(35)20-8-6-7-9-21(20)30(32)36/h6-11,13-15,17,24,31H,12,16H2,1-5H3/t17-,24+/m1/s1. The molecule has 2 heterocycles. The molecule has 0 spiro atoms. The zero-order valence-corrected chi connectivity index (χ0v) is 23.0. The number of hydrogen-bond acceptors (Lipinski definition) is 8. The molecule has 0 aromatic heterocycles. The third-order valence-electron chi connectivity index (χ3n) is 7.35.